The van der Waals surface area contributed by atoms with Gasteiger partial charge < -0.3 is 0 Å². The van der Waals surface area contributed by atoms with Crippen LogP contribution in [0, 0.1) is 0 Å². The maximum absolute atomic E-state index is 5.18. The van der Waals surface area contributed by atoms with Gasteiger partial charge in [-0.2, -0.15) is 0 Å². The second-order valence-electron chi connectivity index (χ2n) is 12.2. The average molecular weight is 612 g/mol. The number of aromatic nitrogens is 3. The Morgan fingerprint density at radius 1 is 0.312 bits per heavy atom. The van der Waals surface area contributed by atoms with E-state index in [4.69, 9.17) is 9.97 Å². The summed E-state index contributed by atoms with van der Waals surface area (Å²) in [7, 11) is 0. The second kappa shape index (κ2) is 11.7. The Bertz CT molecular complexity index is 2610. The van der Waals surface area contributed by atoms with Crippen molar-refractivity contribution in [3.8, 4) is 55.8 Å². The van der Waals surface area contributed by atoms with E-state index in [-0.39, 0.29) is 0 Å². The largest absolute Gasteiger partial charge is 0.254 e. The Hall–Kier alpha value is -6.45. The van der Waals surface area contributed by atoms with Crippen LogP contribution >= 0.6 is 0 Å². The van der Waals surface area contributed by atoms with E-state index in [9.17, 15) is 0 Å². The summed E-state index contributed by atoms with van der Waals surface area (Å²) >= 11 is 0. The van der Waals surface area contributed by atoms with Crippen LogP contribution in [-0.4, -0.2) is 15.0 Å². The van der Waals surface area contributed by atoms with E-state index in [1.807, 2.05) is 24.5 Å². The lowest BCUT2D eigenvalue weighted by Gasteiger charge is -2.13. The molecule has 0 aliphatic carbocycles. The molecule has 0 aliphatic rings. The Balaban J connectivity index is 1.19. The zero-order chi connectivity index (χ0) is 31.9. The molecule has 0 unspecified atom stereocenters. The lowest BCUT2D eigenvalue weighted by atomic mass is 9.93. The number of hydrogen-bond acceptors (Lipinski definition) is 3. The molecule has 0 N–H and O–H groups in total. The molecule has 6 aromatic carbocycles. The highest BCUT2D eigenvalue weighted by Gasteiger charge is 2.12. The van der Waals surface area contributed by atoms with E-state index in [2.05, 4.69) is 157 Å². The van der Waals surface area contributed by atoms with Gasteiger partial charge in [0.15, 0.2) is 0 Å². The van der Waals surface area contributed by atoms with Crippen molar-refractivity contribution in [2.75, 3.05) is 0 Å². The Morgan fingerprint density at radius 2 is 0.896 bits per heavy atom. The number of rotatable bonds is 5. The first kappa shape index (κ1) is 27.8. The molecular formula is C45H29N3. The molecule has 3 heteroatoms. The molecule has 3 nitrogen and oxygen atoms in total. The first-order chi connectivity index (χ1) is 23.7. The normalized spacial score (nSPS) is 11.3. The van der Waals surface area contributed by atoms with Crippen LogP contribution in [-0.2, 0) is 0 Å². The van der Waals surface area contributed by atoms with Crippen molar-refractivity contribution in [1.82, 2.24) is 15.0 Å². The molecule has 3 aromatic heterocycles. The third-order valence-electron chi connectivity index (χ3n) is 9.08. The summed E-state index contributed by atoms with van der Waals surface area (Å²) in [6.45, 7) is 0. The molecule has 0 fully saturated rings. The second-order valence-corrected chi connectivity index (χ2v) is 12.2. The molecule has 0 atom stereocenters. The van der Waals surface area contributed by atoms with Crippen LogP contribution in [0.1, 0.15) is 0 Å². The van der Waals surface area contributed by atoms with E-state index in [1.165, 1.54) is 22.3 Å². The molecule has 0 spiro atoms. The van der Waals surface area contributed by atoms with Crippen LogP contribution in [0.15, 0.2) is 176 Å². The molecule has 3 heterocycles. The Kier molecular flexibility index (Phi) is 6.80. The SMILES string of the molecule is c1ccc(-c2cccc(-c3cc(-c4cnc5c(ccc6cccnc65)c4)cc(-c4ccc5cc(-c6ccccc6)ccc5n4)c3)c2)cc1. The van der Waals surface area contributed by atoms with Crippen molar-refractivity contribution in [2.24, 2.45) is 0 Å². The Morgan fingerprint density at radius 3 is 1.69 bits per heavy atom. The van der Waals surface area contributed by atoms with E-state index < -0.39 is 0 Å². The first-order valence-electron chi connectivity index (χ1n) is 16.2. The highest BCUT2D eigenvalue weighted by atomic mass is 14.7. The number of nitrogens with zero attached hydrogens (tertiary/aromatic N) is 3. The van der Waals surface area contributed by atoms with Gasteiger partial charge in [0.2, 0.25) is 0 Å². The van der Waals surface area contributed by atoms with Crippen LogP contribution in [0.3, 0.4) is 0 Å². The van der Waals surface area contributed by atoms with Crippen molar-refractivity contribution in [3.63, 3.8) is 0 Å². The summed E-state index contributed by atoms with van der Waals surface area (Å²) in [5.74, 6) is 0. The zero-order valence-electron chi connectivity index (χ0n) is 26.1. The van der Waals surface area contributed by atoms with Gasteiger partial charge in [-0.25, -0.2) is 4.98 Å². The minimum atomic E-state index is 0.912. The van der Waals surface area contributed by atoms with Gasteiger partial charge in [0, 0.05) is 39.7 Å². The number of benzene rings is 6. The lowest BCUT2D eigenvalue weighted by molar-refractivity contribution is 1.37. The summed E-state index contributed by atoms with van der Waals surface area (Å²) in [5.41, 5.74) is 14.0. The standard InChI is InChI=1S/C45H29N3/c1-3-9-30(10-4-1)33-13-7-14-34(23-33)38-26-39(41-25-37-17-16-32-15-8-22-46-44(32)45(37)47-29-41)28-40(27-38)43-21-19-36-24-35(18-20-42(36)48-43)31-11-5-2-6-12-31/h1-29H. The van der Waals surface area contributed by atoms with Gasteiger partial charge in [0.05, 0.1) is 22.2 Å². The first-order valence-corrected chi connectivity index (χ1v) is 16.2. The van der Waals surface area contributed by atoms with Crippen LogP contribution in [0.25, 0.3) is 88.5 Å². The third kappa shape index (κ3) is 5.18. The predicted molar refractivity (Wildman–Crippen MR) is 200 cm³/mol. The molecule has 48 heavy (non-hydrogen) atoms. The fraction of sp³-hybridized carbons (Fsp3) is 0. The van der Waals surface area contributed by atoms with Gasteiger partial charge in [-0.05, 0) is 93.5 Å². The Labute approximate surface area is 278 Å². The minimum Gasteiger partial charge on any atom is -0.254 e. The summed E-state index contributed by atoms with van der Waals surface area (Å²) in [6, 6.07) is 57.9. The molecule has 0 saturated carbocycles. The maximum Gasteiger partial charge on any atom is 0.0964 e. The van der Waals surface area contributed by atoms with Crippen molar-refractivity contribution >= 4 is 32.7 Å². The fourth-order valence-electron chi connectivity index (χ4n) is 6.61. The minimum absolute atomic E-state index is 0.912. The van der Waals surface area contributed by atoms with Crippen molar-refractivity contribution in [1.29, 1.82) is 0 Å². The lowest BCUT2D eigenvalue weighted by Crippen LogP contribution is -1.91. The van der Waals surface area contributed by atoms with Crippen LogP contribution < -0.4 is 0 Å². The summed E-state index contributed by atoms with van der Waals surface area (Å²) in [6.07, 6.45) is 3.80. The highest BCUT2D eigenvalue weighted by Crippen LogP contribution is 2.36. The van der Waals surface area contributed by atoms with Gasteiger partial charge in [0.1, 0.15) is 0 Å². The highest BCUT2D eigenvalue weighted by molar-refractivity contribution is 6.03. The molecule has 9 aromatic rings. The molecule has 0 saturated heterocycles. The van der Waals surface area contributed by atoms with Gasteiger partial charge in [-0.3, -0.25) is 9.97 Å². The topological polar surface area (TPSA) is 38.7 Å². The molecule has 0 aliphatic heterocycles. The van der Waals surface area contributed by atoms with Gasteiger partial charge in [-0.1, -0.05) is 109 Å². The molecule has 0 amide bonds. The average Bonchev–Trinajstić information content (AvgIpc) is 3.17. The van der Waals surface area contributed by atoms with E-state index >= 15 is 0 Å². The van der Waals surface area contributed by atoms with Crippen LogP contribution in [0.2, 0.25) is 0 Å². The van der Waals surface area contributed by atoms with E-state index in [1.54, 1.807) is 0 Å². The number of hydrogen-bond donors (Lipinski definition) is 0. The number of fused-ring (bicyclic) bond motifs is 4. The molecule has 0 radical (unpaired) electrons. The van der Waals surface area contributed by atoms with Gasteiger partial charge in [0.25, 0.3) is 0 Å². The third-order valence-corrected chi connectivity index (χ3v) is 9.08. The van der Waals surface area contributed by atoms with E-state index in [0.29, 0.717) is 0 Å². The van der Waals surface area contributed by atoms with Crippen LogP contribution in [0.4, 0.5) is 0 Å². The van der Waals surface area contributed by atoms with Crippen LogP contribution in [0.5, 0.6) is 0 Å². The summed E-state index contributed by atoms with van der Waals surface area (Å²) < 4.78 is 0. The zero-order valence-corrected chi connectivity index (χ0v) is 26.1. The van der Waals surface area contributed by atoms with E-state index in [0.717, 1.165) is 66.2 Å². The molecule has 9 rings (SSSR count). The fourth-order valence-corrected chi connectivity index (χ4v) is 6.61. The van der Waals surface area contributed by atoms with Crippen molar-refractivity contribution in [2.45, 2.75) is 0 Å². The smallest absolute Gasteiger partial charge is 0.0964 e. The van der Waals surface area contributed by atoms with Crippen molar-refractivity contribution < 1.29 is 0 Å². The number of pyridine rings is 3. The molecular weight excluding hydrogens is 583 g/mol. The predicted octanol–water partition coefficient (Wildman–Crippen LogP) is 11.7. The molecule has 224 valence electrons. The maximum atomic E-state index is 5.18. The summed E-state index contributed by atoms with van der Waals surface area (Å²) in [5, 5.41) is 3.27. The van der Waals surface area contributed by atoms with Gasteiger partial charge >= 0.3 is 0 Å². The molecule has 0 bridgehead atoms. The quantitative estimate of drug-likeness (QED) is 0.182. The van der Waals surface area contributed by atoms with Gasteiger partial charge in [-0.15, -0.1) is 0 Å². The summed E-state index contributed by atoms with van der Waals surface area (Å²) in [4.78, 5) is 14.7. The van der Waals surface area contributed by atoms with Crippen molar-refractivity contribution in [3.05, 3.63) is 176 Å². The monoisotopic (exact) mass is 611 g/mol.